The summed E-state index contributed by atoms with van der Waals surface area (Å²) >= 11 is 7.38. The lowest BCUT2D eigenvalue weighted by atomic mass is 10.1. The van der Waals surface area contributed by atoms with Crippen molar-refractivity contribution >= 4 is 44.0 Å². The lowest BCUT2D eigenvalue weighted by Gasteiger charge is -2.34. The van der Waals surface area contributed by atoms with E-state index in [1.165, 1.54) is 41.7 Å². The summed E-state index contributed by atoms with van der Waals surface area (Å²) < 4.78 is 52.4. The van der Waals surface area contributed by atoms with Crippen LogP contribution in [-0.2, 0) is 14.8 Å². The second kappa shape index (κ2) is 10.2. The van der Waals surface area contributed by atoms with Gasteiger partial charge in [-0.25, -0.2) is 17.8 Å². The van der Waals surface area contributed by atoms with Crippen LogP contribution in [0.25, 0.3) is 11.3 Å². The average Bonchev–Trinajstić information content (AvgIpc) is 3.27. The zero-order valence-corrected chi connectivity index (χ0v) is 21.5. The predicted molar refractivity (Wildman–Crippen MR) is 132 cm³/mol. The van der Waals surface area contributed by atoms with Crippen LogP contribution in [-0.4, -0.2) is 56.0 Å². The molecule has 1 aliphatic rings. The number of rotatable bonds is 6. The van der Waals surface area contributed by atoms with Crippen LogP contribution in [0.15, 0.2) is 46.7 Å². The summed E-state index contributed by atoms with van der Waals surface area (Å²) in [5.41, 5.74) is 1.10. The first-order valence-corrected chi connectivity index (χ1v) is 13.3. The van der Waals surface area contributed by atoms with Gasteiger partial charge in [-0.2, -0.15) is 4.31 Å². The number of amides is 1. The van der Waals surface area contributed by atoms with E-state index in [1.807, 2.05) is 0 Å². The van der Waals surface area contributed by atoms with Crippen LogP contribution >= 0.6 is 22.9 Å². The number of benzene rings is 2. The van der Waals surface area contributed by atoms with Crippen LogP contribution < -0.4 is 10.1 Å². The molecule has 0 spiro atoms. The maximum Gasteiger partial charge on any atom is 0.257 e. The number of nitrogens with zero attached hydrogens (tertiary/aromatic N) is 2. The van der Waals surface area contributed by atoms with E-state index in [1.54, 1.807) is 25.3 Å². The maximum atomic E-state index is 14.0. The Morgan fingerprint density at radius 2 is 1.94 bits per heavy atom. The van der Waals surface area contributed by atoms with Gasteiger partial charge in [-0.3, -0.25) is 10.1 Å². The van der Waals surface area contributed by atoms with Crippen LogP contribution in [0.1, 0.15) is 24.2 Å². The Morgan fingerprint density at radius 1 is 1.23 bits per heavy atom. The van der Waals surface area contributed by atoms with E-state index in [4.69, 9.17) is 21.1 Å². The summed E-state index contributed by atoms with van der Waals surface area (Å²) in [5.74, 6) is -0.960. The molecular weight excluding hydrogens is 517 g/mol. The highest BCUT2D eigenvalue weighted by Gasteiger charge is 2.34. The standard InChI is InChI=1S/C23H23ClFN3O5S2/c1-13-10-28(11-14(2)33-13)35(30,31)21-9-16(4-6-17(21)24)22(29)27-23-26-19(12-34-23)15-5-7-20(32-3)18(25)8-15/h4-9,12-14H,10-11H2,1-3H3,(H,26,27,29). The molecule has 12 heteroatoms. The molecule has 1 amide bonds. The Bertz CT molecular complexity index is 1350. The van der Waals surface area contributed by atoms with Gasteiger partial charge in [0.1, 0.15) is 4.90 Å². The van der Waals surface area contributed by atoms with Gasteiger partial charge in [-0.05, 0) is 50.2 Å². The molecule has 3 aromatic rings. The number of morpholine rings is 1. The Labute approximate surface area is 211 Å². The average molecular weight is 540 g/mol. The van der Waals surface area contributed by atoms with Gasteiger partial charge < -0.3 is 9.47 Å². The quantitative estimate of drug-likeness (QED) is 0.489. The van der Waals surface area contributed by atoms with Crippen molar-refractivity contribution in [3.8, 4) is 17.0 Å². The van der Waals surface area contributed by atoms with Crippen LogP contribution in [0.3, 0.4) is 0 Å². The smallest absolute Gasteiger partial charge is 0.257 e. The van der Waals surface area contributed by atoms with E-state index in [-0.39, 0.29) is 51.7 Å². The maximum absolute atomic E-state index is 14.0. The summed E-state index contributed by atoms with van der Waals surface area (Å²) in [6.45, 7) is 3.97. The third-order valence-electron chi connectivity index (χ3n) is 5.37. The van der Waals surface area contributed by atoms with E-state index in [0.717, 1.165) is 11.3 Å². The number of nitrogens with one attached hydrogen (secondary N) is 1. The van der Waals surface area contributed by atoms with Crippen molar-refractivity contribution in [2.75, 3.05) is 25.5 Å². The summed E-state index contributed by atoms with van der Waals surface area (Å²) in [5, 5.41) is 4.63. The second-order valence-electron chi connectivity index (χ2n) is 8.07. The molecule has 1 fully saturated rings. The molecule has 35 heavy (non-hydrogen) atoms. The largest absolute Gasteiger partial charge is 0.494 e. The van der Waals surface area contributed by atoms with Crippen LogP contribution in [0.5, 0.6) is 5.75 Å². The second-order valence-corrected chi connectivity index (χ2v) is 11.2. The molecular formula is C23H23ClFN3O5S2. The fourth-order valence-electron chi connectivity index (χ4n) is 3.77. The third kappa shape index (κ3) is 5.49. The van der Waals surface area contributed by atoms with Crippen LogP contribution in [0, 0.1) is 5.82 Å². The number of thiazole rings is 1. The highest BCUT2D eigenvalue weighted by Crippen LogP contribution is 2.30. The lowest BCUT2D eigenvalue weighted by molar-refractivity contribution is -0.0440. The highest BCUT2D eigenvalue weighted by molar-refractivity contribution is 7.89. The van der Waals surface area contributed by atoms with Crippen LogP contribution in [0.4, 0.5) is 9.52 Å². The van der Waals surface area contributed by atoms with Crippen molar-refractivity contribution in [1.82, 2.24) is 9.29 Å². The van der Waals surface area contributed by atoms with E-state index in [9.17, 15) is 17.6 Å². The van der Waals surface area contributed by atoms with E-state index in [2.05, 4.69) is 10.3 Å². The van der Waals surface area contributed by atoms with Gasteiger partial charge in [0.25, 0.3) is 5.91 Å². The number of aromatic nitrogens is 1. The van der Waals surface area contributed by atoms with Crippen LogP contribution in [0.2, 0.25) is 5.02 Å². The molecule has 2 aromatic carbocycles. The van der Waals surface area contributed by atoms with Crippen molar-refractivity contribution < 1.29 is 27.1 Å². The van der Waals surface area contributed by atoms with Crippen molar-refractivity contribution in [3.63, 3.8) is 0 Å². The Kier molecular flexibility index (Phi) is 7.43. The van der Waals surface area contributed by atoms with Gasteiger partial charge >= 0.3 is 0 Å². The lowest BCUT2D eigenvalue weighted by Crippen LogP contribution is -2.48. The predicted octanol–water partition coefficient (Wildman–Crippen LogP) is 4.66. The summed E-state index contributed by atoms with van der Waals surface area (Å²) in [4.78, 5) is 17.1. The number of sulfonamides is 1. The summed E-state index contributed by atoms with van der Waals surface area (Å²) in [6.07, 6.45) is -0.533. The first-order chi connectivity index (χ1) is 16.6. The molecule has 8 nitrogen and oxygen atoms in total. The molecule has 2 unspecified atom stereocenters. The van der Waals surface area contributed by atoms with Gasteiger partial charge in [-0.15, -0.1) is 11.3 Å². The van der Waals surface area contributed by atoms with E-state index < -0.39 is 21.7 Å². The molecule has 1 saturated heterocycles. The molecule has 1 aliphatic heterocycles. The molecule has 0 radical (unpaired) electrons. The van der Waals surface area contributed by atoms with Gasteiger partial charge in [-0.1, -0.05) is 11.6 Å². The molecule has 1 aromatic heterocycles. The van der Waals surface area contributed by atoms with Crippen molar-refractivity contribution in [2.45, 2.75) is 31.0 Å². The van der Waals surface area contributed by atoms with E-state index in [0.29, 0.717) is 11.3 Å². The number of halogens is 2. The molecule has 0 saturated carbocycles. The summed E-state index contributed by atoms with van der Waals surface area (Å²) in [7, 11) is -2.57. The number of carbonyl (C=O) groups is 1. The molecule has 4 rings (SSSR count). The topological polar surface area (TPSA) is 97.8 Å². The monoisotopic (exact) mass is 539 g/mol. The normalized spacial score (nSPS) is 18.9. The zero-order valence-electron chi connectivity index (χ0n) is 19.1. The number of ether oxygens (including phenoxy) is 2. The number of anilines is 1. The summed E-state index contributed by atoms with van der Waals surface area (Å²) in [6, 6.07) is 8.52. The minimum absolute atomic E-state index is 0.0198. The molecule has 2 heterocycles. The molecule has 186 valence electrons. The molecule has 0 bridgehead atoms. The Balaban J connectivity index is 1.54. The Hall–Kier alpha value is -2.57. The first-order valence-electron chi connectivity index (χ1n) is 10.6. The molecule has 0 aliphatic carbocycles. The highest BCUT2D eigenvalue weighted by atomic mass is 35.5. The number of hydrogen-bond acceptors (Lipinski definition) is 7. The fourth-order valence-corrected chi connectivity index (χ4v) is 6.57. The fraction of sp³-hybridized carbons (Fsp3) is 0.304. The Morgan fingerprint density at radius 3 is 2.60 bits per heavy atom. The van der Waals surface area contributed by atoms with Gasteiger partial charge in [0.2, 0.25) is 10.0 Å². The minimum Gasteiger partial charge on any atom is -0.494 e. The zero-order chi connectivity index (χ0) is 25.3. The number of hydrogen-bond donors (Lipinski definition) is 1. The number of carbonyl (C=O) groups excluding carboxylic acids is 1. The van der Waals surface area contributed by atoms with Gasteiger partial charge in [0, 0.05) is 29.6 Å². The van der Waals surface area contributed by atoms with Crippen molar-refractivity contribution in [1.29, 1.82) is 0 Å². The number of methoxy groups -OCH3 is 1. The minimum atomic E-state index is -3.95. The van der Waals surface area contributed by atoms with E-state index >= 15 is 0 Å². The molecule has 1 N–H and O–H groups in total. The third-order valence-corrected chi connectivity index (χ3v) is 8.44. The van der Waals surface area contributed by atoms with Gasteiger partial charge in [0.05, 0.1) is 30.0 Å². The molecule has 2 atom stereocenters. The first kappa shape index (κ1) is 25.5. The van der Waals surface area contributed by atoms with Crippen molar-refractivity contribution in [3.05, 3.63) is 58.2 Å². The SMILES string of the molecule is COc1ccc(-c2csc(NC(=O)c3ccc(Cl)c(S(=O)(=O)N4CC(C)OC(C)C4)c3)n2)cc1F. The van der Waals surface area contributed by atoms with Crippen molar-refractivity contribution in [2.24, 2.45) is 0 Å². The van der Waals surface area contributed by atoms with Gasteiger partial charge in [0.15, 0.2) is 16.7 Å².